The van der Waals surface area contributed by atoms with Gasteiger partial charge in [0.1, 0.15) is 5.54 Å². The summed E-state index contributed by atoms with van der Waals surface area (Å²) in [6.07, 6.45) is 2.73. The van der Waals surface area contributed by atoms with Crippen molar-refractivity contribution >= 4 is 5.97 Å². The predicted octanol–water partition coefficient (Wildman–Crippen LogP) is 1.61. The molecule has 0 spiro atoms. The van der Waals surface area contributed by atoms with Gasteiger partial charge in [0.05, 0.1) is 0 Å². The Morgan fingerprint density at radius 1 is 1.43 bits per heavy atom. The first-order valence-corrected chi connectivity index (χ1v) is 5.28. The maximum atomic E-state index is 11.3. The second kappa shape index (κ2) is 2.32. The van der Waals surface area contributed by atoms with E-state index in [1.54, 1.807) is 0 Å². The molecule has 2 saturated carbocycles. The number of carboxylic acid groups (broad SMARTS) is 1. The molecule has 3 N–H and O–H groups in total. The summed E-state index contributed by atoms with van der Waals surface area (Å²) in [7, 11) is 0. The molecule has 0 aromatic carbocycles. The minimum atomic E-state index is -1.00. The number of hydrogen-bond acceptors (Lipinski definition) is 2. The highest BCUT2D eigenvalue weighted by atomic mass is 16.4. The molecule has 0 radical (unpaired) electrons. The Labute approximate surface area is 84.7 Å². The van der Waals surface area contributed by atoms with Crippen LogP contribution >= 0.6 is 0 Å². The van der Waals surface area contributed by atoms with Crippen molar-refractivity contribution in [1.29, 1.82) is 0 Å². The molecule has 3 atom stereocenters. The lowest BCUT2D eigenvalue weighted by atomic mass is 9.63. The van der Waals surface area contributed by atoms with Gasteiger partial charge in [-0.2, -0.15) is 0 Å². The van der Waals surface area contributed by atoms with Gasteiger partial charge in [-0.15, -0.1) is 0 Å². The maximum Gasteiger partial charge on any atom is 0.324 e. The van der Waals surface area contributed by atoms with E-state index in [2.05, 4.69) is 13.8 Å². The fraction of sp³-hybridized carbons (Fsp3) is 0.909. The van der Waals surface area contributed by atoms with Gasteiger partial charge in [-0.05, 0) is 30.6 Å². The molecule has 2 rings (SSSR count). The number of carboxylic acids is 1. The fourth-order valence-corrected chi connectivity index (χ4v) is 3.69. The van der Waals surface area contributed by atoms with Gasteiger partial charge < -0.3 is 10.8 Å². The number of fused-ring (bicyclic) bond motifs is 2. The van der Waals surface area contributed by atoms with Gasteiger partial charge in [0.15, 0.2) is 0 Å². The highest BCUT2D eigenvalue weighted by Crippen LogP contribution is 2.68. The van der Waals surface area contributed by atoms with Gasteiger partial charge in [0.25, 0.3) is 0 Å². The minimum absolute atomic E-state index is 0.0696. The zero-order valence-corrected chi connectivity index (χ0v) is 9.13. The van der Waals surface area contributed by atoms with Crippen molar-refractivity contribution in [1.82, 2.24) is 0 Å². The molecule has 14 heavy (non-hydrogen) atoms. The first kappa shape index (κ1) is 9.97. The standard InChI is InChI=1S/C11H19NO2/c1-9(2)7-4-5-10(9,3)11(12,6-7)8(13)14/h7H,4-6,12H2,1-3H3,(H,13,14)/t7?,10-,11+/m1/s1. The average molecular weight is 197 g/mol. The summed E-state index contributed by atoms with van der Waals surface area (Å²) in [4.78, 5) is 11.3. The van der Waals surface area contributed by atoms with Crippen molar-refractivity contribution in [2.45, 2.75) is 45.6 Å². The Morgan fingerprint density at radius 3 is 2.21 bits per heavy atom. The molecule has 2 bridgehead atoms. The van der Waals surface area contributed by atoms with Crippen LogP contribution in [0.1, 0.15) is 40.0 Å². The van der Waals surface area contributed by atoms with Crippen LogP contribution in [0.4, 0.5) is 0 Å². The summed E-state index contributed by atoms with van der Waals surface area (Å²) in [6, 6.07) is 0. The normalized spacial score (nSPS) is 49.6. The van der Waals surface area contributed by atoms with Gasteiger partial charge in [0, 0.05) is 5.41 Å². The number of aliphatic carboxylic acids is 1. The van der Waals surface area contributed by atoms with Crippen LogP contribution in [0, 0.1) is 16.7 Å². The smallest absolute Gasteiger partial charge is 0.324 e. The van der Waals surface area contributed by atoms with Crippen LogP contribution in [0.3, 0.4) is 0 Å². The van der Waals surface area contributed by atoms with Crippen molar-refractivity contribution in [2.24, 2.45) is 22.5 Å². The van der Waals surface area contributed by atoms with Crippen molar-refractivity contribution in [3.8, 4) is 0 Å². The third kappa shape index (κ3) is 0.761. The highest BCUT2D eigenvalue weighted by molar-refractivity contribution is 5.81. The van der Waals surface area contributed by atoms with Crippen LogP contribution in [-0.2, 0) is 4.79 Å². The van der Waals surface area contributed by atoms with E-state index in [0.29, 0.717) is 12.3 Å². The lowest BCUT2D eigenvalue weighted by molar-refractivity contribution is -0.149. The van der Waals surface area contributed by atoms with Crippen molar-refractivity contribution in [2.75, 3.05) is 0 Å². The monoisotopic (exact) mass is 197 g/mol. The van der Waals surface area contributed by atoms with E-state index < -0.39 is 11.5 Å². The lowest BCUT2D eigenvalue weighted by Gasteiger charge is -2.43. The Morgan fingerprint density at radius 2 is 2.00 bits per heavy atom. The van der Waals surface area contributed by atoms with E-state index >= 15 is 0 Å². The molecule has 1 unspecified atom stereocenters. The van der Waals surface area contributed by atoms with Crippen LogP contribution < -0.4 is 5.73 Å². The van der Waals surface area contributed by atoms with Crippen LogP contribution in [-0.4, -0.2) is 16.6 Å². The molecule has 0 heterocycles. The quantitative estimate of drug-likeness (QED) is 0.671. The molecule has 2 aliphatic rings. The average Bonchev–Trinajstić information content (AvgIpc) is 2.36. The molecule has 0 saturated heterocycles. The molecule has 2 fully saturated rings. The zero-order chi connectivity index (χ0) is 10.8. The SMILES string of the molecule is CC1(C)C2CC[C@@]1(C)[C@@](N)(C(=O)O)C2. The van der Waals surface area contributed by atoms with Crippen LogP contribution in [0.25, 0.3) is 0 Å². The van der Waals surface area contributed by atoms with Crippen molar-refractivity contribution in [3.05, 3.63) is 0 Å². The predicted molar refractivity (Wildman–Crippen MR) is 53.8 cm³/mol. The van der Waals surface area contributed by atoms with E-state index in [4.69, 9.17) is 5.73 Å². The number of nitrogens with two attached hydrogens (primary N) is 1. The van der Waals surface area contributed by atoms with Crippen LogP contribution in [0.15, 0.2) is 0 Å². The highest BCUT2D eigenvalue weighted by Gasteiger charge is 2.70. The van der Waals surface area contributed by atoms with Gasteiger partial charge in [-0.25, -0.2) is 0 Å². The summed E-state index contributed by atoms with van der Waals surface area (Å²) in [6.45, 7) is 6.39. The Balaban J connectivity index is 2.50. The second-order valence-corrected chi connectivity index (χ2v) is 5.77. The van der Waals surface area contributed by atoms with E-state index in [-0.39, 0.29) is 10.8 Å². The molecule has 0 aromatic heterocycles. The third-order valence-electron chi connectivity index (χ3n) is 5.37. The molecule has 0 amide bonds. The Bertz CT molecular complexity index is 300. The Hall–Kier alpha value is -0.570. The van der Waals surface area contributed by atoms with Gasteiger partial charge in [-0.3, -0.25) is 4.79 Å². The second-order valence-electron chi connectivity index (χ2n) is 5.77. The van der Waals surface area contributed by atoms with E-state index in [1.807, 2.05) is 6.92 Å². The van der Waals surface area contributed by atoms with Gasteiger partial charge >= 0.3 is 5.97 Å². The van der Waals surface area contributed by atoms with Crippen LogP contribution in [0.2, 0.25) is 0 Å². The maximum absolute atomic E-state index is 11.3. The first-order chi connectivity index (χ1) is 6.26. The van der Waals surface area contributed by atoms with Crippen molar-refractivity contribution in [3.63, 3.8) is 0 Å². The van der Waals surface area contributed by atoms with Gasteiger partial charge in [-0.1, -0.05) is 20.8 Å². The summed E-state index contributed by atoms with van der Waals surface area (Å²) in [5, 5.41) is 9.27. The minimum Gasteiger partial charge on any atom is -0.480 e. The summed E-state index contributed by atoms with van der Waals surface area (Å²) >= 11 is 0. The van der Waals surface area contributed by atoms with E-state index in [9.17, 15) is 9.90 Å². The molecule has 3 heteroatoms. The molecule has 3 nitrogen and oxygen atoms in total. The number of rotatable bonds is 1. The molecular formula is C11H19NO2. The zero-order valence-electron chi connectivity index (χ0n) is 9.13. The Kier molecular flexibility index (Phi) is 1.65. The lowest BCUT2D eigenvalue weighted by Crippen LogP contribution is -2.59. The third-order valence-corrected chi connectivity index (χ3v) is 5.37. The number of hydrogen-bond donors (Lipinski definition) is 2. The first-order valence-electron chi connectivity index (χ1n) is 5.28. The topological polar surface area (TPSA) is 63.3 Å². The number of carbonyl (C=O) groups is 1. The van der Waals surface area contributed by atoms with Gasteiger partial charge in [0.2, 0.25) is 0 Å². The summed E-state index contributed by atoms with van der Waals surface area (Å²) in [5.41, 5.74) is 4.93. The molecule has 2 aliphatic carbocycles. The molecule has 80 valence electrons. The van der Waals surface area contributed by atoms with E-state index in [0.717, 1.165) is 12.8 Å². The molecule has 0 aliphatic heterocycles. The van der Waals surface area contributed by atoms with Crippen LogP contribution in [0.5, 0.6) is 0 Å². The fourth-order valence-electron chi connectivity index (χ4n) is 3.69. The molecule has 0 aromatic rings. The summed E-state index contributed by atoms with van der Waals surface area (Å²) < 4.78 is 0. The molecular weight excluding hydrogens is 178 g/mol. The van der Waals surface area contributed by atoms with Crippen molar-refractivity contribution < 1.29 is 9.90 Å². The van der Waals surface area contributed by atoms with E-state index in [1.165, 1.54) is 0 Å². The summed E-state index contributed by atoms with van der Waals surface area (Å²) in [5.74, 6) is -0.344. The largest absolute Gasteiger partial charge is 0.480 e.